The molecule has 0 spiro atoms. The minimum Gasteiger partial charge on any atom is -0.488 e. The van der Waals surface area contributed by atoms with Crippen molar-refractivity contribution in [3.05, 3.63) is 23.8 Å². The van der Waals surface area contributed by atoms with Gasteiger partial charge in [0.2, 0.25) is 0 Å². The van der Waals surface area contributed by atoms with E-state index in [-0.39, 0.29) is 24.8 Å². The summed E-state index contributed by atoms with van der Waals surface area (Å²) >= 11 is 0. The summed E-state index contributed by atoms with van der Waals surface area (Å²) in [5.41, 5.74) is 0.885. The molecule has 0 saturated heterocycles. The van der Waals surface area contributed by atoms with Crippen LogP contribution < -0.4 is 14.2 Å². The Morgan fingerprint density at radius 1 is 1.39 bits per heavy atom. The Kier molecular flexibility index (Phi) is 5.23. The third-order valence-electron chi connectivity index (χ3n) is 3.81. The number of rotatable bonds is 7. The van der Waals surface area contributed by atoms with E-state index in [1.807, 2.05) is 45.9 Å². The summed E-state index contributed by atoms with van der Waals surface area (Å²) in [6.07, 6.45) is 0.839. The van der Waals surface area contributed by atoms with Crippen LogP contribution in [0.5, 0.6) is 11.5 Å². The molecule has 1 aromatic rings. The van der Waals surface area contributed by atoms with Crippen LogP contribution in [-0.4, -0.2) is 44.6 Å². The van der Waals surface area contributed by atoms with E-state index in [0.29, 0.717) is 5.75 Å². The fourth-order valence-corrected chi connectivity index (χ4v) is 3.51. The molecule has 0 fully saturated rings. The van der Waals surface area contributed by atoms with Crippen molar-refractivity contribution >= 4 is 10.2 Å². The first-order valence-electron chi connectivity index (χ1n) is 7.79. The fourth-order valence-electron chi connectivity index (χ4n) is 2.41. The van der Waals surface area contributed by atoms with Crippen molar-refractivity contribution in [1.29, 1.82) is 0 Å². The summed E-state index contributed by atoms with van der Waals surface area (Å²) < 4.78 is 39.4. The van der Waals surface area contributed by atoms with Gasteiger partial charge in [0.05, 0.1) is 0 Å². The average Bonchev–Trinajstić information content (AvgIpc) is 2.77. The predicted octanol–water partition coefficient (Wildman–Crippen LogP) is 1.95. The van der Waals surface area contributed by atoms with Crippen molar-refractivity contribution in [2.75, 3.05) is 20.2 Å². The number of nitrogens with one attached hydrogen (secondary N) is 1. The molecule has 0 atom stereocenters. The number of hydrogen-bond acceptors (Lipinski definition) is 4. The van der Waals surface area contributed by atoms with Crippen LogP contribution in [0, 0.1) is 0 Å². The van der Waals surface area contributed by atoms with E-state index in [9.17, 15) is 8.42 Å². The molecule has 0 amide bonds. The van der Waals surface area contributed by atoms with Crippen molar-refractivity contribution in [2.45, 2.75) is 45.8 Å². The Labute approximate surface area is 139 Å². The van der Waals surface area contributed by atoms with Crippen LogP contribution in [0.25, 0.3) is 0 Å². The van der Waals surface area contributed by atoms with Crippen LogP contribution in [0.1, 0.15) is 33.3 Å². The number of hydrogen-bond donors (Lipinski definition) is 1. The van der Waals surface area contributed by atoms with Gasteiger partial charge in [-0.25, -0.2) is 0 Å². The lowest BCUT2D eigenvalue weighted by Crippen LogP contribution is -2.43. The number of fused-ring (bicyclic) bond motifs is 1. The van der Waals surface area contributed by atoms with Crippen molar-refractivity contribution in [2.24, 2.45) is 0 Å². The molecule has 1 aromatic carbocycles. The second-order valence-corrected chi connectivity index (χ2v) is 8.46. The minimum atomic E-state index is -3.47. The maximum Gasteiger partial charge on any atom is 0.279 e. The Balaban J connectivity index is 1.91. The first-order valence-corrected chi connectivity index (χ1v) is 9.23. The Bertz CT molecular complexity index is 656. The molecule has 0 bridgehead atoms. The smallest absolute Gasteiger partial charge is 0.279 e. The molecule has 6 nitrogen and oxygen atoms in total. The van der Waals surface area contributed by atoms with Gasteiger partial charge in [-0.3, -0.25) is 0 Å². The predicted molar refractivity (Wildman–Crippen MR) is 90.2 cm³/mol. The normalized spacial score (nSPS) is 16.5. The van der Waals surface area contributed by atoms with E-state index in [1.54, 1.807) is 7.05 Å². The molecule has 2 rings (SSSR count). The summed E-state index contributed by atoms with van der Waals surface area (Å²) in [5.74, 6) is 1.42. The third-order valence-corrected chi connectivity index (χ3v) is 5.55. The molecule has 1 heterocycles. The summed E-state index contributed by atoms with van der Waals surface area (Å²) in [7, 11) is -1.92. The van der Waals surface area contributed by atoms with Gasteiger partial charge in [0.15, 0.2) is 11.5 Å². The fraction of sp³-hybridized carbons (Fsp3) is 0.625. The van der Waals surface area contributed by atoms with Gasteiger partial charge in [-0.1, -0.05) is 12.1 Å². The van der Waals surface area contributed by atoms with Crippen LogP contribution in [0.2, 0.25) is 0 Å². The molecule has 0 unspecified atom stereocenters. The molecule has 0 radical (unpaired) electrons. The van der Waals surface area contributed by atoms with E-state index in [2.05, 4.69) is 4.72 Å². The molecule has 130 valence electrons. The van der Waals surface area contributed by atoms with E-state index in [0.717, 1.165) is 17.7 Å². The average molecular weight is 342 g/mol. The zero-order valence-corrected chi connectivity index (χ0v) is 15.2. The Morgan fingerprint density at radius 2 is 2.09 bits per heavy atom. The molecular weight excluding hydrogens is 316 g/mol. The Morgan fingerprint density at radius 3 is 2.74 bits per heavy atom. The van der Waals surface area contributed by atoms with Gasteiger partial charge in [-0.05, 0) is 33.8 Å². The zero-order valence-electron chi connectivity index (χ0n) is 14.4. The first-order chi connectivity index (χ1) is 10.6. The van der Waals surface area contributed by atoms with E-state index in [4.69, 9.17) is 9.47 Å². The summed E-state index contributed by atoms with van der Waals surface area (Å²) in [4.78, 5) is 0. The van der Waals surface area contributed by atoms with Gasteiger partial charge in [0.1, 0.15) is 12.2 Å². The SMILES string of the molecule is CC(C)N(C)S(=O)(=O)NCCOc1cccc2c1OC(C)(C)C2. The standard InChI is InChI=1S/C16H26N2O4S/c1-12(2)18(5)23(19,20)17-9-10-21-14-8-6-7-13-11-16(3,4)22-15(13)14/h6-8,12,17H,9-11H2,1-5H3. The largest absolute Gasteiger partial charge is 0.488 e. The summed E-state index contributed by atoms with van der Waals surface area (Å²) in [6.45, 7) is 8.15. The second kappa shape index (κ2) is 6.67. The highest BCUT2D eigenvalue weighted by Gasteiger charge is 2.32. The highest BCUT2D eigenvalue weighted by molar-refractivity contribution is 7.87. The van der Waals surface area contributed by atoms with Gasteiger partial charge >= 0.3 is 0 Å². The molecule has 0 saturated carbocycles. The van der Waals surface area contributed by atoms with Gasteiger partial charge in [0.25, 0.3) is 10.2 Å². The van der Waals surface area contributed by atoms with E-state index < -0.39 is 10.2 Å². The molecule has 0 aliphatic carbocycles. The third kappa shape index (κ3) is 4.37. The molecule has 1 N–H and O–H groups in total. The molecule has 1 aliphatic rings. The van der Waals surface area contributed by atoms with Crippen LogP contribution in [0.3, 0.4) is 0 Å². The lowest BCUT2D eigenvalue weighted by molar-refractivity contribution is 0.132. The number of benzene rings is 1. The van der Waals surface area contributed by atoms with Gasteiger partial charge < -0.3 is 9.47 Å². The summed E-state index contributed by atoms with van der Waals surface area (Å²) in [6, 6.07) is 5.70. The van der Waals surface area contributed by atoms with Crippen LogP contribution in [0.15, 0.2) is 18.2 Å². The highest BCUT2D eigenvalue weighted by Crippen LogP contribution is 2.41. The lowest BCUT2D eigenvalue weighted by Gasteiger charge is -2.21. The maximum absolute atomic E-state index is 12.0. The van der Waals surface area contributed by atoms with Crippen molar-refractivity contribution in [1.82, 2.24) is 9.03 Å². The van der Waals surface area contributed by atoms with Crippen molar-refractivity contribution in [3.63, 3.8) is 0 Å². The minimum absolute atomic E-state index is 0.0959. The van der Waals surface area contributed by atoms with Crippen molar-refractivity contribution < 1.29 is 17.9 Å². The number of ether oxygens (including phenoxy) is 2. The molecule has 1 aliphatic heterocycles. The lowest BCUT2D eigenvalue weighted by atomic mass is 10.0. The van der Waals surface area contributed by atoms with Gasteiger partial charge in [-0.15, -0.1) is 0 Å². The van der Waals surface area contributed by atoms with Crippen LogP contribution in [-0.2, 0) is 16.6 Å². The quantitative estimate of drug-likeness (QED) is 0.769. The second-order valence-electron chi connectivity index (χ2n) is 6.64. The number of para-hydroxylation sites is 1. The first kappa shape index (κ1) is 18.0. The van der Waals surface area contributed by atoms with Crippen LogP contribution in [0.4, 0.5) is 0 Å². The molecule has 0 aromatic heterocycles. The number of nitrogens with zero attached hydrogens (tertiary/aromatic N) is 1. The van der Waals surface area contributed by atoms with E-state index in [1.165, 1.54) is 4.31 Å². The molecule has 7 heteroatoms. The molecular formula is C16H26N2O4S. The maximum atomic E-state index is 12.0. The molecule has 23 heavy (non-hydrogen) atoms. The topological polar surface area (TPSA) is 67.9 Å². The van der Waals surface area contributed by atoms with Crippen LogP contribution >= 0.6 is 0 Å². The van der Waals surface area contributed by atoms with Gasteiger partial charge in [0, 0.05) is 31.6 Å². The monoisotopic (exact) mass is 342 g/mol. The van der Waals surface area contributed by atoms with E-state index >= 15 is 0 Å². The summed E-state index contributed by atoms with van der Waals surface area (Å²) in [5, 5.41) is 0. The Hall–Kier alpha value is -1.31. The van der Waals surface area contributed by atoms with Gasteiger partial charge in [-0.2, -0.15) is 17.4 Å². The zero-order chi connectivity index (χ0) is 17.3. The van der Waals surface area contributed by atoms with Crippen molar-refractivity contribution in [3.8, 4) is 11.5 Å². The highest BCUT2D eigenvalue weighted by atomic mass is 32.2.